The molecule has 2 aromatic carbocycles. The average molecular weight is 390 g/mol. The van der Waals surface area contributed by atoms with E-state index in [4.69, 9.17) is 9.47 Å². The number of benzene rings is 2. The maximum Gasteiger partial charge on any atom is 0.248 e. The fourth-order valence-electron chi connectivity index (χ4n) is 2.08. The molecule has 4 nitrogen and oxygen atoms in total. The highest BCUT2D eigenvalue weighted by atomic mass is 79.9. The molecule has 0 fully saturated rings. The normalized spacial score (nSPS) is 10.6. The van der Waals surface area contributed by atoms with Crippen molar-refractivity contribution in [1.82, 2.24) is 0 Å². The van der Waals surface area contributed by atoms with Crippen LogP contribution < -0.4 is 14.8 Å². The Morgan fingerprint density at radius 2 is 1.79 bits per heavy atom. The third-order valence-electron chi connectivity index (χ3n) is 3.13. The number of hydrogen-bond donors (Lipinski definition) is 1. The largest absolute Gasteiger partial charge is 0.490 e. The van der Waals surface area contributed by atoms with Crippen LogP contribution >= 0.6 is 15.9 Å². The topological polar surface area (TPSA) is 47.6 Å². The third-order valence-corrected chi connectivity index (χ3v) is 3.82. The van der Waals surface area contributed by atoms with Gasteiger partial charge in [0, 0.05) is 10.5 Å². The second kappa shape index (κ2) is 9.13. The van der Waals surface area contributed by atoms with Gasteiger partial charge in [0.15, 0.2) is 11.5 Å². The fraction of sp³-hybridized carbons (Fsp3) is 0.211. The van der Waals surface area contributed by atoms with Crippen LogP contribution in [0.1, 0.15) is 19.4 Å². The molecule has 0 atom stereocenters. The minimum atomic E-state index is -0.200. The van der Waals surface area contributed by atoms with Gasteiger partial charge in [-0.25, -0.2) is 0 Å². The number of ether oxygens (including phenoxy) is 2. The number of halogens is 1. The van der Waals surface area contributed by atoms with Crippen molar-refractivity contribution in [2.75, 3.05) is 18.5 Å². The lowest BCUT2D eigenvalue weighted by molar-refractivity contribution is -0.111. The number of rotatable bonds is 7. The molecule has 2 rings (SSSR count). The molecular weight excluding hydrogens is 370 g/mol. The van der Waals surface area contributed by atoms with Gasteiger partial charge in [0.25, 0.3) is 0 Å². The number of para-hydroxylation sites is 1. The lowest BCUT2D eigenvalue weighted by Gasteiger charge is -2.11. The Kier molecular flexibility index (Phi) is 6.88. The summed E-state index contributed by atoms with van der Waals surface area (Å²) in [5.41, 5.74) is 1.60. The second-order valence-electron chi connectivity index (χ2n) is 4.87. The Bertz CT molecular complexity index is 728. The van der Waals surface area contributed by atoms with E-state index in [9.17, 15) is 4.79 Å². The molecule has 0 aliphatic rings. The highest BCUT2D eigenvalue weighted by molar-refractivity contribution is 9.10. The van der Waals surface area contributed by atoms with Gasteiger partial charge in [0.2, 0.25) is 5.91 Å². The zero-order chi connectivity index (χ0) is 17.4. The maximum atomic E-state index is 12.0. The van der Waals surface area contributed by atoms with Crippen LogP contribution in [0.4, 0.5) is 5.69 Å². The molecule has 0 aliphatic carbocycles. The quantitative estimate of drug-likeness (QED) is 0.685. The van der Waals surface area contributed by atoms with Gasteiger partial charge in [0.05, 0.1) is 18.9 Å². The standard InChI is InChI=1S/C19H20BrNO3/c1-3-23-17-11-9-14(13-18(17)24-4-2)10-12-19(22)21-16-8-6-5-7-15(16)20/h5-13H,3-4H2,1-2H3,(H,21,22). The Morgan fingerprint density at radius 3 is 2.50 bits per heavy atom. The van der Waals surface area contributed by atoms with Crippen molar-refractivity contribution in [2.45, 2.75) is 13.8 Å². The van der Waals surface area contributed by atoms with Gasteiger partial charge < -0.3 is 14.8 Å². The molecule has 0 saturated carbocycles. The smallest absolute Gasteiger partial charge is 0.248 e. The number of amides is 1. The van der Waals surface area contributed by atoms with E-state index in [1.54, 1.807) is 6.08 Å². The number of carbonyl (C=O) groups excluding carboxylic acids is 1. The van der Waals surface area contributed by atoms with Crippen molar-refractivity contribution < 1.29 is 14.3 Å². The molecular formula is C19H20BrNO3. The van der Waals surface area contributed by atoms with E-state index < -0.39 is 0 Å². The molecule has 2 aromatic rings. The van der Waals surface area contributed by atoms with E-state index in [0.717, 1.165) is 15.7 Å². The summed E-state index contributed by atoms with van der Waals surface area (Å²) in [7, 11) is 0. The number of hydrogen-bond acceptors (Lipinski definition) is 3. The number of carbonyl (C=O) groups is 1. The van der Waals surface area contributed by atoms with Crippen molar-refractivity contribution in [3.05, 3.63) is 58.6 Å². The van der Waals surface area contributed by atoms with Crippen molar-refractivity contribution in [3.63, 3.8) is 0 Å². The van der Waals surface area contributed by atoms with E-state index >= 15 is 0 Å². The maximum absolute atomic E-state index is 12.0. The van der Waals surface area contributed by atoms with Gasteiger partial charge in [-0.1, -0.05) is 18.2 Å². The lowest BCUT2D eigenvalue weighted by atomic mass is 10.2. The van der Waals surface area contributed by atoms with Crippen LogP contribution in [0.25, 0.3) is 6.08 Å². The zero-order valence-corrected chi connectivity index (χ0v) is 15.3. The lowest BCUT2D eigenvalue weighted by Crippen LogP contribution is -2.08. The third kappa shape index (κ3) is 5.13. The van der Waals surface area contributed by atoms with Crippen LogP contribution in [0.3, 0.4) is 0 Å². The summed E-state index contributed by atoms with van der Waals surface area (Å²) >= 11 is 3.40. The highest BCUT2D eigenvalue weighted by Crippen LogP contribution is 2.29. The van der Waals surface area contributed by atoms with Crippen molar-refractivity contribution >= 4 is 33.6 Å². The Hall–Kier alpha value is -2.27. The molecule has 0 aliphatic heterocycles. The van der Waals surface area contributed by atoms with Gasteiger partial charge in [-0.3, -0.25) is 4.79 Å². The predicted molar refractivity (Wildman–Crippen MR) is 101 cm³/mol. The second-order valence-corrected chi connectivity index (χ2v) is 5.73. The predicted octanol–water partition coefficient (Wildman–Crippen LogP) is 4.90. The molecule has 1 N–H and O–H groups in total. The molecule has 24 heavy (non-hydrogen) atoms. The summed E-state index contributed by atoms with van der Waals surface area (Å²) < 4.78 is 12.0. The molecule has 0 aromatic heterocycles. The first-order chi connectivity index (χ1) is 11.6. The van der Waals surface area contributed by atoms with Crippen LogP contribution in [-0.2, 0) is 4.79 Å². The first kappa shape index (κ1) is 18.1. The minimum Gasteiger partial charge on any atom is -0.490 e. The number of nitrogens with one attached hydrogen (secondary N) is 1. The summed E-state index contributed by atoms with van der Waals surface area (Å²) in [6.45, 7) is 4.97. The van der Waals surface area contributed by atoms with E-state index in [-0.39, 0.29) is 5.91 Å². The summed E-state index contributed by atoms with van der Waals surface area (Å²) in [6.07, 6.45) is 3.23. The van der Waals surface area contributed by atoms with Gasteiger partial charge in [-0.05, 0) is 65.7 Å². The molecule has 1 amide bonds. The molecule has 0 spiro atoms. The molecule has 5 heteroatoms. The summed E-state index contributed by atoms with van der Waals surface area (Å²) in [6, 6.07) is 13.1. The van der Waals surface area contributed by atoms with E-state index in [2.05, 4.69) is 21.2 Å². The van der Waals surface area contributed by atoms with Gasteiger partial charge >= 0.3 is 0 Å². The van der Waals surface area contributed by atoms with Gasteiger partial charge in [-0.2, -0.15) is 0 Å². The van der Waals surface area contributed by atoms with Crippen LogP contribution in [0.15, 0.2) is 53.0 Å². The fourth-order valence-corrected chi connectivity index (χ4v) is 2.46. The molecule has 0 unspecified atom stereocenters. The molecule has 0 saturated heterocycles. The molecule has 0 radical (unpaired) electrons. The van der Waals surface area contributed by atoms with Crippen molar-refractivity contribution in [2.24, 2.45) is 0 Å². The zero-order valence-electron chi connectivity index (χ0n) is 13.7. The number of anilines is 1. The van der Waals surface area contributed by atoms with Gasteiger partial charge in [0.1, 0.15) is 0 Å². The van der Waals surface area contributed by atoms with Crippen molar-refractivity contribution in [1.29, 1.82) is 0 Å². The van der Waals surface area contributed by atoms with Crippen LogP contribution in [0.5, 0.6) is 11.5 Å². The molecule has 0 heterocycles. The molecule has 0 bridgehead atoms. The Labute approximate surface area is 150 Å². The summed E-state index contributed by atoms with van der Waals surface area (Å²) in [5, 5.41) is 2.82. The van der Waals surface area contributed by atoms with E-state index in [1.165, 1.54) is 6.08 Å². The highest BCUT2D eigenvalue weighted by Gasteiger charge is 2.06. The van der Waals surface area contributed by atoms with Crippen molar-refractivity contribution in [3.8, 4) is 11.5 Å². The first-order valence-corrected chi connectivity index (χ1v) is 8.56. The average Bonchev–Trinajstić information content (AvgIpc) is 2.57. The SMILES string of the molecule is CCOc1ccc(C=CC(=O)Nc2ccccc2Br)cc1OCC. The van der Waals surface area contributed by atoms with E-state index in [0.29, 0.717) is 24.7 Å². The minimum absolute atomic E-state index is 0.200. The van der Waals surface area contributed by atoms with Crippen LogP contribution in [-0.4, -0.2) is 19.1 Å². The first-order valence-electron chi connectivity index (χ1n) is 7.77. The monoisotopic (exact) mass is 389 g/mol. The van der Waals surface area contributed by atoms with Crippen LogP contribution in [0, 0.1) is 0 Å². The molecule has 126 valence electrons. The summed E-state index contributed by atoms with van der Waals surface area (Å²) in [4.78, 5) is 12.0. The Balaban J connectivity index is 2.09. The van der Waals surface area contributed by atoms with Crippen LogP contribution in [0.2, 0.25) is 0 Å². The Morgan fingerprint density at radius 1 is 1.08 bits per heavy atom. The van der Waals surface area contributed by atoms with E-state index in [1.807, 2.05) is 56.3 Å². The van der Waals surface area contributed by atoms with Gasteiger partial charge in [-0.15, -0.1) is 0 Å². The summed E-state index contributed by atoms with van der Waals surface area (Å²) in [5.74, 6) is 1.18.